The van der Waals surface area contributed by atoms with Crippen LogP contribution in [0.3, 0.4) is 0 Å². The topological polar surface area (TPSA) is 98.0 Å². The first-order chi connectivity index (χ1) is 4.63. The van der Waals surface area contributed by atoms with Crippen molar-refractivity contribution in [2.24, 2.45) is 0 Å². The van der Waals surface area contributed by atoms with Crippen LogP contribution in [0.5, 0.6) is 0 Å². The third kappa shape index (κ3) is 3.99. The number of aldehydes is 1. The number of aliphatic hydroxyl groups excluding tert-OH is 4. The molecule has 3 atom stereocenters. The molecule has 11 heavy (non-hydrogen) atoms. The fourth-order valence-corrected chi connectivity index (χ4v) is 0.416. The van der Waals surface area contributed by atoms with Crippen LogP contribution in [-0.2, 0) is 4.79 Å². The average molecular weight is 170 g/mol. The van der Waals surface area contributed by atoms with E-state index in [0.717, 1.165) is 0 Å². The van der Waals surface area contributed by atoms with Gasteiger partial charge in [0.1, 0.15) is 18.3 Å². The molecule has 0 bridgehead atoms. The van der Waals surface area contributed by atoms with E-state index in [0.29, 0.717) is 0 Å². The fourth-order valence-electron chi connectivity index (χ4n) is 0.416. The molecule has 0 aliphatic carbocycles. The fraction of sp³-hybridized carbons (Fsp3) is 0.800. The van der Waals surface area contributed by atoms with Crippen molar-refractivity contribution in [2.45, 2.75) is 18.3 Å². The molecule has 0 rings (SSSR count). The number of hydrogen-bond donors (Lipinski definition) is 4. The van der Waals surface area contributed by atoms with Crippen LogP contribution in [0.2, 0.25) is 0 Å². The Morgan fingerprint density at radius 3 is 2.00 bits per heavy atom. The molecule has 0 fully saturated rings. The maximum Gasteiger partial charge on any atom is 0.151 e. The van der Waals surface area contributed by atoms with Gasteiger partial charge in [-0.05, 0) is 0 Å². The Labute approximate surface area is 62.3 Å². The number of aliphatic hydroxyl groups is 4. The van der Waals surface area contributed by atoms with Gasteiger partial charge in [-0.1, -0.05) is 0 Å². The van der Waals surface area contributed by atoms with E-state index in [2.05, 4.69) is 0 Å². The van der Waals surface area contributed by atoms with E-state index in [1.165, 1.54) is 0 Å². The summed E-state index contributed by atoms with van der Waals surface area (Å²) < 4.78 is 0. The first-order valence-electron chi connectivity index (χ1n) is 2.73. The highest BCUT2D eigenvalue weighted by Gasteiger charge is 2.22. The van der Waals surface area contributed by atoms with Crippen LogP contribution in [0.1, 0.15) is 0 Å². The summed E-state index contributed by atoms with van der Waals surface area (Å²) in [5.74, 6) is 0. The van der Waals surface area contributed by atoms with E-state index >= 15 is 0 Å². The zero-order valence-corrected chi connectivity index (χ0v) is 5.62. The van der Waals surface area contributed by atoms with Crippen LogP contribution in [0.15, 0.2) is 0 Å². The predicted octanol–water partition coefficient (Wildman–Crippen LogP) is -2.59. The Bertz CT molecular complexity index is 109. The van der Waals surface area contributed by atoms with E-state index < -0.39 is 24.9 Å². The summed E-state index contributed by atoms with van der Waals surface area (Å²) in [6.07, 6.45) is -4.63. The molecule has 0 unspecified atom stereocenters. The third-order valence-electron chi connectivity index (χ3n) is 1.07. The van der Waals surface area contributed by atoms with Crippen LogP contribution in [0.25, 0.3) is 0 Å². The molecule has 0 aliphatic heterocycles. The lowest BCUT2D eigenvalue weighted by atomic mass is 10.1. The minimum Gasteiger partial charge on any atom is -0.394 e. The van der Waals surface area contributed by atoms with Crippen LogP contribution in [0.4, 0.5) is 4.70 Å². The molecule has 4 N–H and O–H groups in total. The lowest BCUT2D eigenvalue weighted by molar-refractivity contribution is -0.127. The Morgan fingerprint density at radius 1 is 1.27 bits per heavy atom. The SMILES string of the molecule is F.O=C[C@@H](O)[C@H](O)[C@H](O)CO. The highest BCUT2D eigenvalue weighted by Crippen LogP contribution is 1.96. The van der Waals surface area contributed by atoms with Crippen molar-refractivity contribution in [1.82, 2.24) is 0 Å². The van der Waals surface area contributed by atoms with E-state index in [-0.39, 0.29) is 11.0 Å². The zero-order valence-electron chi connectivity index (χ0n) is 5.62. The first kappa shape index (κ1) is 13.1. The summed E-state index contributed by atoms with van der Waals surface area (Å²) in [7, 11) is 0. The van der Waals surface area contributed by atoms with Crippen molar-refractivity contribution in [2.75, 3.05) is 6.61 Å². The second-order valence-electron chi connectivity index (χ2n) is 1.87. The monoisotopic (exact) mass is 170 g/mol. The van der Waals surface area contributed by atoms with Gasteiger partial charge >= 0.3 is 0 Å². The summed E-state index contributed by atoms with van der Waals surface area (Å²) in [6, 6.07) is 0. The van der Waals surface area contributed by atoms with Gasteiger partial charge in [0.25, 0.3) is 0 Å². The molecule has 0 radical (unpaired) electrons. The summed E-state index contributed by atoms with van der Waals surface area (Å²) in [4.78, 5) is 9.76. The van der Waals surface area contributed by atoms with Crippen molar-refractivity contribution >= 4 is 6.29 Å². The summed E-state index contributed by atoms with van der Waals surface area (Å²) in [6.45, 7) is -0.688. The average Bonchev–Trinajstić information content (AvgIpc) is 2.00. The molecular formula is C5H11FO5. The smallest absolute Gasteiger partial charge is 0.151 e. The lowest BCUT2D eigenvalue weighted by Gasteiger charge is -2.16. The normalized spacial score (nSPS) is 17.8. The maximum absolute atomic E-state index is 9.76. The van der Waals surface area contributed by atoms with Crippen LogP contribution < -0.4 is 0 Å². The molecule has 5 nitrogen and oxygen atoms in total. The van der Waals surface area contributed by atoms with E-state index in [1.54, 1.807) is 0 Å². The van der Waals surface area contributed by atoms with Crippen molar-refractivity contribution in [3.8, 4) is 0 Å². The minimum atomic E-state index is -1.64. The molecular weight excluding hydrogens is 159 g/mol. The van der Waals surface area contributed by atoms with E-state index in [4.69, 9.17) is 20.4 Å². The van der Waals surface area contributed by atoms with Crippen LogP contribution >= 0.6 is 0 Å². The zero-order chi connectivity index (χ0) is 8.15. The Hall–Kier alpha value is -0.560. The van der Waals surface area contributed by atoms with Gasteiger partial charge in [0, 0.05) is 0 Å². The number of carbonyl (C=O) groups is 1. The summed E-state index contributed by atoms with van der Waals surface area (Å²) >= 11 is 0. The standard InChI is InChI=1S/C5H10O5.FH/c6-1-3(8)5(10)4(9)2-7;/h1,3-5,7-10H,2H2;1H/t3-,4-,5+;/m1./s1. The first-order valence-corrected chi connectivity index (χ1v) is 2.73. The van der Waals surface area contributed by atoms with Crippen molar-refractivity contribution < 1.29 is 29.9 Å². The molecule has 6 heteroatoms. The van der Waals surface area contributed by atoms with Gasteiger partial charge in [-0.25, -0.2) is 0 Å². The third-order valence-corrected chi connectivity index (χ3v) is 1.07. The van der Waals surface area contributed by atoms with Gasteiger partial charge in [-0.2, -0.15) is 0 Å². The Morgan fingerprint density at radius 2 is 1.73 bits per heavy atom. The van der Waals surface area contributed by atoms with Gasteiger partial charge in [-0.15, -0.1) is 0 Å². The summed E-state index contributed by atoms with van der Waals surface area (Å²) in [5.41, 5.74) is 0. The molecule has 0 aromatic carbocycles. The van der Waals surface area contributed by atoms with Crippen LogP contribution in [-0.4, -0.2) is 51.6 Å². The number of hydrogen-bond acceptors (Lipinski definition) is 5. The van der Waals surface area contributed by atoms with Gasteiger partial charge < -0.3 is 25.2 Å². The van der Waals surface area contributed by atoms with Crippen molar-refractivity contribution in [3.63, 3.8) is 0 Å². The molecule has 68 valence electrons. The largest absolute Gasteiger partial charge is 0.394 e. The molecule has 0 aromatic heterocycles. The van der Waals surface area contributed by atoms with Crippen molar-refractivity contribution in [3.05, 3.63) is 0 Å². The van der Waals surface area contributed by atoms with E-state index in [9.17, 15) is 4.79 Å². The summed E-state index contributed by atoms with van der Waals surface area (Å²) in [5, 5.41) is 34.1. The molecule has 0 saturated carbocycles. The second-order valence-corrected chi connectivity index (χ2v) is 1.87. The van der Waals surface area contributed by atoms with Gasteiger partial charge in [-0.3, -0.25) is 4.70 Å². The van der Waals surface area contributed by atoms with E-state index in [1.807, 2.05) is 0 Å². The highest BCUT2D eigenvalue weighted by atomic mass is 19.0. The maximum atomic E-state index is 9.76. The minimum absolute atomic E-state index is 0. The Balaban J connectivity index is 0. The van der Waals surface area contributed by atoms with Gasteiger partial charge in [0.2, 0.25) is 0 Å². The second kappa shape index (κ2) is 6.17. The van der Waals surface area contributed by atoms with Crippen molar-refractivity contribution in [1.29, 1.82) is 0 Å². The molecule has 0 aromatic rings. The molecule has 0 aliphatic rings. The predicted molar refractivity (Wildman–Crippen MR) is 33.7 cm³/mol. The lowest BCUT2D eigenvalue weighted by Crippen LogP contribution is -2.40. The molecule has 0 amide bonds. The van der Waals surface area contributed by atoms with Gasteiger partial charge in [0.15, 0.2) is 6.29 Å². The highest BCUT2D eigenvalue weighted by molar-refractivity contribution is 5.56. The number of carbonyl (C=O) groups excluding carboxylic acids is 1. The van der Waals surface area contributed by atoms with Gasteiger partial charge in [0.05, 0.1) is 6.61 Å². The molecule has 0 spiro atoms. The Kier molecular flexibility index (Phi) is 7.33. The number of halogens is 1. The number of rotatable bonds is 4. The van der Waals surface area contributed by atoms with Crippen LogP contribution in [0, 0.1) is 0 Å². The quantitative estimate of drug-likeness (QED) is 0.347. The molecule has 0 heterocycles. The molecule has 0 saturated heterocycles.